The Morgan fingerprint density at radius 2 is 2.05 bits per heavy atom. The molecule has 2 rings (SSSR count). The Hall–Kier alpha value is -1.03. The fourth-order valence-corrected chi connectivity index (χ4v) is 2.45. The Morgan fingerprint density at radius 3 is 2.70 bits per heavy atom. The van der Waals surface area contributed by atoms with E-state index in [2.05, 4.69) is 15.9 Å². The highest BCUT2D eigenvalue weighted by atomic mass is 79.9. The number of halogens is 2. The summed E-state index contributed by atoms with van der Waals surface area (Å²) < 4.78 is 7.02. The molecule has 0 saturated carbocycles. The van der Waals surface area contributed by atoms with E-state index in [0.717, 1.165) is 27.8 Å². The molecule has 0 radical (unpaired) electrons. The van der Waals surface area contributed by atoms with Gasteiger partial charge in [0.2, 0.25) is 0 Å². The Bertz CT molecular complexity index is 613. The largest absolute Gasteiger partial charge is 0.456 e. The van der Waals surface area contributed by atoms with Crippen molar-refractivity contribution in [2.24, 2.45) is 5.73 Å². The van der Waals surface area contributed by atoms with Crippen LogP contribution in [0.1, 0.15) is 18.1 Å². The van der Waals surface area contributed by atoms with Crippen molar-refractivity contribution in [3.05, 3.63) is 57.0 Å². The molecule has 0 fully saturated rings. The first-order valence-corrected chi connectivity index (χ1v) is 7.61. The zero-order valence-electron chi connectivity index (χ0n) is 11.5. The molecule has 2 nitrogen and oxygen atoms in total. The minimum atomic E-state index is 0.0578. The lowest BCUT2D eigenvalue weighted by Crippen LogP contribution is -2.18. The normalized spacial score (nSPS) is 12.2. The average Bonchev–Trinajstić information content (AvgIpc) is 2.37. The summed E-state index contributed by atoms with van der Waals surface area (Å²) in [5.74, 6) is 1.46. The van der Waals surface area contributed by atoms with Gasteiger partial charge in [-0.25, -0.2) is 0 Å². The van der Waals surface area contributed by atoms with Crippen LogP contribution >= 0.6 is 27.5 Å². The Balaban J connectivity index is 2.34. The molecule has 0 amide bonds. The maximum absolute atomic E-state index is 6.26. The van der Waals surface area contributed by atoms with E-state index in [1.165, 1.54) is 0 Å². The van der Waals surface area contributed by atoms with E-state index in [9.17, 15) is 0 Å². The summed E-state index contributed by atoms with van der Waals surface area (Å²) >= 11 is 9.74. The van der Waals surface area contributed by atoms with Gasteiger partial charge in [0.1, 0.15) is 11.5 Å². The van der Waals surface area contributed by atoms with Crippen molar-refractivity contribution in [2.75, 3.05) is 0 Å². The van der Waals surface area contributed by atoms with E-state index in [1.807, 2.05) is 50.2 Å². The third kappa shape index (κ3) is 3.75. The third-order valence-electron chi connectivity index (χ3n) is 2.94. The first-order chi connectivity index (χ1) is 9.47. The lowest BCUT2D eigenvalue weighted by atomic mass is 10.1. The van der Waals surface area contributed by atoms with Crippen molar-refractivity contribution in [1.82, 2.24) is 0 Å². The molecule has 1 atom stereocenters. The molecule has 0 saturated heterocycles. The molecule has 2 aromatic rings. The Labute approximate surface area is 133 Å². The van der Waals surface area contributed by atoms with Crippen LogP contribution in [-0.2, 0) is 6.42 Å². The van der Waals surface area contributed by atoms with Crippen LogP contribution in [0.25, 0.3) is 0 Å². The van der Waals surface area contributed by atoms with Crippen LogP contribution in [0.4, 0.5) is 0 Å². The van der Waals surface area contributed by atoms with Gasteiger partial charge in [0.15, 0.2) is 0 Å². The predicted molar refractivity (Wildman–Crippen MR) is 87.8 cm³/mol. The quantitative estimate of drug-likeness (QED) is 0.829. The van der Waals surface area contributed by atoms with Crippen molar-refractivity contribution in [1.29, 1.82) is 0 Å². The summed E-state index contributed by atoms with van der Waals surface area (Å²) in [6.45, 7) is 3.99. The predicted octanol–water partition coefficient (Wildman–Crippen LogP) is 5.09. The summed E-state index contributed by atoms with van der Waals surface area (Å²) in [6, 6.07) is 11.7. The summed E-state index contributed by atoms with van der Waals surface area (Å²) in [6.07, 6.45) is 0.728. The van der Waals surface area contributed by atoms with Gasteiger partial charge in [-0.2, -0.15) is 0 Å². The molecule has 106 valence electrons. The summed E-state index contributed by atoms with van der Waals surface area (Å²) in [4.78, 5) is 0. The molecular formula is C16H17BrClNO. The zero-order chi connectivity index (χ0) is 14.7. The van der Waals surface area contributed by atoms with E-state index in [1.54, 1.807) is 0 Å². The van der Waals surface area contributed by atoms with E-state index < -0.39 is 0 Å². The van der Waals surface area contributed by atoms with Gasteiger partial charge in [-0.15, -0.1) is 0 Å². The maximum atomic E-state index is 6.26. The SMILES string of the molecule is Cc1cc(Oc2c(Cl)cccc2CC(C)N)ccc1Br. The molecule has 1 unspecified atom stereocenters. The Morgan fingerprint density at radius 1 is 1.30 bits per heavy atom. The second kappa shape index (κ2) is 6.61. The number of nitrogens with two attached hydrogens (primary N) is 1. The van der Waals surface area contributed by atoms with Crippen LogP contribution in [0, 0.1) is 6.92 Å². The van der Waals surface area contributed by atoms with Crippen molar-refractivity contribution >= 4 is 27.5 Å². The number of aryl methyl sites for hydroxylation is 1. The fourth-order valence-electron chi connectivity index (χ4n) is 1.97. The molecule has 0 aliphatic rings. The molecule has 0 aliphatic heterocycles. The van der Waals surface area contributed by atoms with Crippen LogP contribution in [0.5, 0.6) is 11.5 Å². The molecule has 0 aliphatic carbocycles. The molecule has 2 N–H and O–H groups in total. The topological polar surface area (TPSA) is 35.2 Å². The van der Waals surface area contributed by atoms with E-state index >= 15 is 0 Å². The molecule has 0 bridgehead atoms. The monoisotopic (exact) mass is 353 g/mol. The molecular weight excluding hydrogens is 338 g/mol. The van der Waals surface area contributed by atoms with E-state index in [4.69, 9.17) is 22.1 Å². The van der Waals surface area contributed by atoms with E-state index in [-0.39, 0.29) is 6.04 Å². The molecule has 4 heteroatoms. The number of hydrogen-bond acceptors (Lipinski definition) is 2. The van der Waals surface area contributed by atoms with Gasteiger partial charge in [0.25, 0.3) is 0 Å². The van der Waals surface area contributed by atoms with Crippen LogP contribution in [0.3, 0.4) is 0 Å². The van der Waals surface area contributed by atoms with Crippen molar-refractivity contribution in [3.8, 4) is 11.5 Å². The van der Waals surface area contributed by atoms with Gasteiger partial charge in [-0.05, 0) is 55.7 Å². The minimum absolute atomic E-state index is 0.0578. The summed E-state index contributed by atoms with van der Waals surface area (Å²) in [5, 5.41) is 0.601. The molecule has 0 spiro atoms. The van der Waals surface area contributed by atoms with Gasteiger partial charge < -0.3 is 10.5 Å². The lowest BCUT2D eigenvalue weighted by Gasteiger charge is -2.15. The highest BCUT2D eigenvalue weighted by molar-refractivity contribution is 9.10. The smallest absolute Gasteiger partial charge is 0.149 e. The molecule has 2 aromatic carbocycles. The minimum Gasteiger partial charge on any atom is -0.456 e. The van der Waals surface area contributed by atoms with Crippen LogP contribution < -0.4 is 10.5 Å². The van der Waals surface area contributed by atoms with Gasteiger partial charge in [-0.1, -0.05) is 39.7 Å². The van der Waals surface area contributed by atoms with Crippen LogP contribution in [0.2, 0.25) is 5.02 Å². The first kappa shape index (κ1) is 15.4. The summed E-state index contributed by atoms with van der Waals surface area (Å²) in [7, 11) is 0. The first-order valence-electron chi connectivity index (χ1n) is 6.44. The number of benzene rings is 2. The van der Waals surface area contributed by atoms with Crippen molar-refractivity contribution in [3.63, 3.8) is 0 Å². The highest BCUT2D eigenvalue weighted by Crippen LogP contribution is 2.34. The number of ether oxygens (including phenoxy) is 1. The van der Waals surface area contributed by atoms with Gasteiger partial charge in [-0.3, -0.25) is 0 Å². The highest BCUT2D eigenvalue weighted by Gasteiger charge is 2.11. The maximum Gasteiger partial charge on any atom is 0.149 e. The van der Waals surface area contributed by atoms with Crippen LogP contribution in [0.15, 0.2) is 40.9 Å². The summed E-state index contributed by atoms with van der Waals surface area (Å²) in [5.41, 5.74) is 8.01. The molecule has 20 heavy (non-hydrogen) atoms. The van der Waals surface area contributed by atoms with Gasteiger partial charge in [0.05, 0.1) is 5.02 Å². The number of rotatable bonds is 4. The zero-order valence-corrected chi connectivity index (χ0v) is 13.8. The number of para-hydroxylation sites is 1. The lowest BCUT2D eigenvalue weighted by molar-refractivity contribution is 0.473. The fraction of sp³-hybridized carbons (Fsp3) is 0.250. The van der Waals surface area contributed by atoms with Crippen LogP contribution in [-0.4, -0.2) is 6.04 Å². The third-order valence-corrected chi connectivity index (χ3v) is 4.13. The Kier molecular flexibility index (Phi) is 5.08. The molecule has 0 aromatic heterocycles. The number of hydrogen-bond donors (Lipinski definition) is 1. The molecule has 0 heterocycles. The second-order valence-corrected chi connectivity index (χ2v) is 6.18. The van der Waals surface area contributed by atoms with Crippen molar-refractivity contribution < 1.29 is 4.74 Å². The second-order valence-electron chi connectivity index (χ2n) is 4.92. The van der Waals surface area contributed by atoms with Crippen molar-refractivity contribution in [2.45, 2.75) is 26.3 Å². The standard InChI is InChI=1S/C16H17BrClNO/c1-10-8-13(6-7-14(10)17)20-16-12(9-11(2)19)4-3-5-15(16)18/h3-8,11H,9,19H2,1-2H3. The van der Waals surface area contributed by atoms with Gasteiger partial charge >= 0.3 is 0 Å². The van der Waals surface area contributed by atoms with Gasteiger partial charge in [0, 0.05) is 10.5 Å². The average molecular weight is 355 g/mol. The van der Waals surface area contributed by atoms with E-state index in [0.29, 0.717) is 10.8 Å².